The molecule has 0 aromatic heterocycles. The molecule has 2 aromatic rings. The van der Waals surface area contributed by atoms with Gasteiger partial charge in [-0.05, 0) is 36.5 Å². The predicted molar refractivity (Wildman–Crippen MR) is 102 cm³/mol. The van der Waals surface area contributed by atoms with Gasteiger partial charge in [-0.15, -0.1) is 0 Å². The molecule has 0 bridgehead atoms. The average Bonchev–Trinajstić information content (AvgIpc) is 2.74. The molecule has 134 valence electrons. The van der Waals surface area contributed by atoms with Crippen molar-refractivity contribution in [3.8, 4) is 0 Å². The van der Waals surface area contributed by atoms with Crippen LogP contribution < -0.4 is 4.72 Å². The lowest BCUT2D eigenvalue weighted by molar-refractivity contribution is 0.300. The third kappa shape index (κ3) is 3.65. The first-order valence-electron chi connectivity index (χ1n) is 9.19. The first-order chi connectivity index (χ1) is 12.0. The maximum atomic E-state index is 13.1. The van der Waals surface area contributed by atoms with Crippen molar-refractivity contribution < 1.29 is 8.42 Å². The number of hydrogen-bond acceptors (Lipinski definition) is 2. The van der Waals surface area contributed by atoms with E-state index in [9.17, 15) is 8.42 Å². The maximum absolute atomic E-state index is 13.1. The van der Waals surface area contributed by atoms with Gasteiger partial charge in [0.25, 0.3) is 0 Å². The Morgan fingerprint density at radius 2 is 1.72 bits per heavy atom. The Morgan fingerprint density at radius 1 is 1.04 bits per heavy atom. The van der Waals surface area contributed by atoms with Crippen LogP contribution in [-0.4, -0.2) is 14.0 Å². The third-order valence-electron chi connectivity index (χ3n) is 5.42. The summed E-state index contributed by atoms with van der Waals surface area (Å²) < 4.78 is 29.3. The zero-order chi connectivity index (χ0) is 17.9. The third-order valence-corrected chi connectivity index (χ3v) is 7.07. The Morgan fingerprint density at radius 3 is 2.40 bits per heavy atom. The van der Waals surface area contributed by atoms with Gasteiger partial charge in [0.05, 0.1) is 4.90 Å². The monoisotopic (exact) mass is 357 g/mol. The van der Waals surface area contributed by atoms with E-state index in [2.05, 4.69) is 30.7 Å². The van der Waals surface area contributed by atoms with E-state index < -0.39 is 15.6 Å². The van der Waals surface area contributed by atoms with E-state index >= 15 is 0 Å². The molecule has 3 rings (SSSR count). The van der Waals surface area contributed by atoms with E-state index in [1.165, 1.54) is 5.56 Å². The van der Waals surface area contributed by atoms with Crippen LogP contribution in [0.2, 0.25) is 0 Å². The molecule has 1 N–H and O–H groups in total. The smallest absolute Gasteiger partial charge is 0.207 e. The minimum atomic E-state index is -3.52. The second-order valence-corrected chi connectivity index (χ2v) is 8.70. The zero-order valence-corrected chi connectivity index (χ0v) is 15.9. The summed E-state index contributed by atoms with van der Waals surface area (Å²) in [7, 11) is -3.52. The van der Waals surface area contributed by atoms with Crippen LogP contribution in [0.15, 0.2) is 59.5 Å². The fraction of sp³-hybridized carbons (Fsp3) is 0.429. The molecular formula is C21H27NO2S. The molecule has 0 saturated carbocycles. The number of sulfonamides is 1. The van der Waals surface area contributed by atoms with Gasteiger partial charge in [-0.25, -0.2) is 13.1 Å². The van der Waals surface area contributed by atoms with Crippen LogP contribution in [-0.2, 0) is 10.0 Å². The lowest BCUT2D eigenvalue weighted by atomic mass is 9.77. The van der Waals surface area contributed by atoms with Gasteiger partial charge in [-0.1, -0.05) is 75.2 Å². The van der Waals surface area contributed by atoms with Crippen LogP contribution in [0.4, 0.5) is 0 Å². The second kappa shape index (κ2) is 7.30. The van der Waals surface area contributed by atoms with E-state index in [4.69, 9.17) is 0 Å². The van der Waals surface area contributed by atoms with Gasteiger partial charge in [0.15, 0.2) is 0 Å². The molecule has 2 atom stereocenters. The van der Waals surface area contributed by atoms with Gasteiger partial charge in [-0.2, -0.15) is 0 Å². The number of fused-ring (bicyclic) bond motifs is 1. The quantitative estimate of drug-likeness (QED) is 0.832. The van der Waals surface area contributed by atoms with Crippen molar-refractivity contribution in [1.29, 1.82) is 0 Å². The van der Waals surface area contributed by atoms with Gasteiger partial charge < -0.3 is 0 Å². The summed E-state index contributed by atoms with van der Waals surface area (Å²) in [4.78, 5) is 0.427. The topological polar surface area (TPSA) is 46.2 Å². The Bertz CT molecular complexity index is 817. The van der Waals surface area contributed by atoms with Crippen molar-refractivity contribution >= 4 is 10.0 Å². The highest BCUT2D eigenvalue weighted by Gasteiger charge is 2.41. The molecule has 0 aliphatic carbocycles. The molecule has 25 heavy (non-hydrogen) atoms. The normalized spacial score (nSPS) is 25.1. The largest absolute Gasteiger partial charge is 0.241 e. The summed E-state index contributed by atoms with van der Waals surface area (Å²) in [6, 6.07) is 17.7. The highest BCUT2D eigenvalue weighted by Crippen LogP contribution is 2.42. The fourth-order valence-corrected chi connectivity index (χ4v) is 5.73. The van der Waals surface area contributed by atoms with Crippen molar-refractivity contribution in [2.75, 3.05) is 0 Å². The molecule has 0 amide bonds. The molecule has 0 radical (unpaired) electrons. The summed E-state index contributed by atoms with van der Waals surface area (Å²) in [6.07, 6.45) is 4.55. The van der Waals surface area contributed by atoms with E-state index in [0.717, 1.165) is 37.7 Å². The second-order valence-electron chi connectivity index (χ2n) is 7.05. The molecule has 2 aromatic carbocycles. The molecular weight excluding hydrogens is 330 g/mol. The van der Waals surface area contributed by atoms with Crippen LogP contribution in [0.25, 0.3) is 0 Å². The zero-order valence-electron chi connectivity index (χ0n) is 15.0. The van der Waals surface area contributed by atoms with Gasteiger partial charge >= 0.3 is 0 Å². The van der Waals surface area contributed by atoms with E-state index in [-0.39, 0.29) is 5.92 Å². The summed E-state index contributed by atoms with van der Waals surface area (Å²) in [5.74, 6) is 0.0824. The van der Waals surface area contributed by atoms with Crippen LogP contribution >= 0.6 is 0 Å². The fourth-order valence-electron chi connectivity index (χ4n) is 3.94. The van der Waals surface area contributed by atoms with Crippen LogP contribution in [0.3, 0.4) is 0 Å². The highest BCUT2D eigenvalue weighted by atomic mass is 32.2. The molecule has 0 fully saturated rings. The number of unbranched alkanes of at least 4 members (excludes halogenated alkanes) is 1. The first kappa shape index (κ1) is 18.2. The van der Waals surface area contributed by atoms with Crippen LogP contribution in [0, 0.1) is 0 Å². The summed E-state index contributed by atoms with van der Waals surface area (Å²) in [6.45, 7) is 4.24. The van der Waals surface area contributed by atoms with Gasteiger partial charge in [0.2, 0.25) is 10.0 Å². The van der Waals surface area contributed by atoms with Gasteiger partial charge in [0, 0.05) is 11.5 Å². The standard InChI is InChI=1S/C21H27NO2S/c1-3-5-15-21(4-2)16-19(17-11-7-6-8-12-17)18-13-9-10-14-20(18)25(23,24)22-21/h6-14,19,22H,3-5,15-16H2,1-2H3. The Hall–Kier alpha value is -1.65. The summed E-state index contributed by atoms with van der Waals surface area (Å²) in [5.41, 5.74) is 1.70. The Labute approximate surface area is 151 Å². The number of benzene rings is 2. The van der Waals surface area contributed by atoms with Crippen LogP contribution in [0.1, 0.15) is 63.0 Å². The average molecular weight is 358 g/mol. The number of rotatable bonds is 5. The van der Waals surface area contributed by atoms with Crippen molar-refractivity contribution in [2.45, 2.75) is 62.3 Å². The van der Waals surface area contributed by atoms with E-state index in [0.29, 0.717) is 4.90 Å². The summed E-state index contributed by atoms with van der Waals surface area (Å²) >= 11 is 0. The SMILES string of the molecule is CCCCC1(CC)CC(c2ccccc2)c2ccccc2S(=O)(=O)N1. The number of nitrogens with one attached hydrogen (secondary N) is 1. The molecule has 0 saturated heterocycles. The minimum Gasteiger partial charge on any atom is -0.207 e. The maximum Gasteiger partial charge on any atom is 0.241 e. The van der Waals surface area contributed by atoms with Crippen molar-refractivity contribution in [1.82, 2.24) is 4.72 Å². The molecule has 3 nitrogen and oxygen atoms in total. The van der Waals surface area contributed by atoms with E-state index in [1.54, 1.807) is 6.07 Å². The van der Waals surface area contributed by atoms with Crippen molar-refractivity contribution in [3.63, 3.8) is 0 Å². The molecule has 1 heterocycles. The lowest BCUT2D eigenvalue weighted by Gasteiger charge is -2.34. The van der Waals surface area contributed by atoms with Gasteiger partial charge in [-0.3, -0.25) is 0 Å². The van der Waals surface area contributed by atoms with Crippen molar-refractivity contribution in [2.24, 2.45) is 0 Å². The van der Waals surface area contributed by atoms with E-state index in [1.807, 2.05) is 36.4 Å². The minimum absolute atomic E-state index is 0.0824. The molecule has 0 spiro atoms. The Kier molecular flexibility index (Phi) is 5.30. The lowest BCUT2D eigenvalue weighted by Crippen LogP contribution is -2.47. The molecule has 1 aliphatic heterocycles. The first-order valence-corrected chi connectivity index (χ1v) is 10.7. The highest BCUT2D eigenvalue weighted by molar-refractivity contribution is 7.89. The van der Waals surface area contributed by atoms with Crippen molar-refractivity contribution in [3.05, 3.63) is 65.7 Å². The predicted octanol–water partition coefficient (Wildman–Crippen LogP) is 4.84. The Balaban J connectivity index is 2.17. The van der Waals surface area contributed by atoms with Crippen LogP contribution in [0.5, 0.6) is 0 Å². The molecule has 1 aliphatic rings. The van der Waals surface area contributed by atoms with Gasteiger partial charge in [0.1, 0.15) is 0 Å². The summed E-state index contributed by atoms with van der Waals surface area (Å²) in [5, 5.41) is 0. The molecule has 2 unspecified atom stereocenters. The molecule has 4 heteroatoms. The number of hydrogen-bond donors (Lipinski definition) is 1.